The summed E-state index contributed by atoms with van der Waals surface area (Å²) < 4.78 is 15.0. The third-order valence-corrected chi connectivity index (χ3v) is 1.94. The molecule has 1 aromatic carbocycles. The summed E-state index contributed by atoms with van der Waals surface area (Å²) in [6.07, 6.45) is 5.97. The van der Waals surface area contributed by atoms with Crippen LogP contribution in [0.25, 0.3) is 0 Å². The maximum absolute atomic E-state index is 7.50. The van der Waals surface area contributed by atoms with E-state index in [0.29, 0.717) is 0 Å². The molecule has 1 aromatic rings. The van der Waals surface area contributed by atoms with Gasteiger partial charge >= 0.3 is 22.6 Å². The van der Waals surface area contributed by atoms with Gasteiger partial charge in [-0.25, -0.2) is 0 Å². The summed E-state index contributed by atoms with van der Waals surface area (Å²) in [6.45, 7) is 9.00. The first-order valence-electron chi connectivity index (χ1n) is 4.89. The molecule has 0 amide bonds. The summed E-state index contributed by atoms with van der Waals surface area (Å²) in [4.78, 5) is 0. The molecule has 0 bridgehead atoms. The molecule has 2 rings (SSSR count). The maximum atomic E-state index is 7.50. The van der Waals surface area contributed by atoms with E-state index in [-0.39, 0.29) is 21.1 Å². The van der Waals surface area contributed by atoms with Gasteiger partial charge < -0.3 is 35.5 Å². The quantitative estimate of drug-likeness (QED) is 0.351. The van der Waals surface area contributed by atoms with Crippen molar-refractivity contribution in [2.75, 3.05) is 0 Å². The second-order valence-electron chi connectivity index (χ2n) is 2.92. The Morgan fingerprint density at radius 1 is 1.00 bits per heavy atom. The SMILES string of the molecule is [C-]#[O+].[C-]#[O+].[OH2+]N=C1CCCCC1.[W].[c-]1[c-][c-][cH-][c-]1. The second kappa shape index (κ2) is 21.3. The van der Waals surface area contributed by atoms with Gasteiger partial charge in [0.2, 0.25) is 0 Å². The molecule has 0 saturated heterocycles. The van der Waals surface area contributed by atoms with Crippen LogP contribution in [-0.4, -0.2) is 10.9 Å². The van der Waals surface area contributed by atoms with E-state index >= 15 is 0 Å². The van der Waals surface area contributed by atoms with Crippen molar-refractivity contribution < 1.29 is 35.6 Å². The molecular formula is C13H13NO3W-4. The zero-order chi connectivity index (χ0) is 13.4. The monoisotopic (exact) mass is 415 g/mol. The Balaban J connectivity index is -0.000000196. The van der Waals surface area contributed by atoms with E-state index in [1.54, 1.807) is 6.07 Å². The largest absolute Gasteiger partial charge is 0.999 e. The van der Waals surface area contributed by atoms with Gasteiger partial charge in [-0.1, -0.05) is 6.42 Å². The zero-order valence-electron chi connectivity index (χ0n) is 9.78. The van der Waals surface area contributed by atoms with Crippen LogP contribution < -0.4 is 0 Å². The average molecular weight is 415 g/mol. The molecule has 0 heterocycles. The Morgan fingerprint density at radius 3 is 1.67 bits per heavy atom. The molecule has 5 heteroatoms. The molecule has 98 valence electrons. The van der Waals surface area contributed by atoms with Crippen molar-refractivity contribution in [3.8, 4) is 0 Å². The second-order valence-corrected chi connectivity index (χ2v) is 2.92. The Kier molecular flexibility index (Phi) is 26.3. The number of rotatable bonds is 0. The van der Waals surface area contributed by atoms with Crippen molar-refractivity contribution >= 4 is 5.71 Å². The molecule has 0 aliphatic heterocycles. The van der Waals surface area contributed by atoms with Crippen LogP contribution in [0.2, 0.25) is 0 Å². The normalized spacial score (nSPS) is 11.7. The Labute approximate surface area is 122 Å². The van der Waals surface area contributed by atoms with Crippen molar-refractivity contribution in [2.24, 2.45) is 5.16 Å². The van der Waals surface area contributed by atoms with Crippen LogP contribution in [0.1, 0.15) is 32.1 Å². The van der Waals surface area contributed by atoms with E-state index in [0.717, 1.165) is 18.6 Å². The fourth-order valence-corrected chi connectivity index (χ4v) is 1.25. The molecule has 4 nitrogen and oxygen atoms in total. The summed E-state index contributed by atoms with van der Waals surface area (Å²) in [7, 11) is 0. The Morgan fingerprint density at radius 2 is 1.44 bits per heavy atom. The summed E-state index contributed by atoms with van der Waals surface area (Å²) in [5, 5.41) is 10.1. The minimum absolute atomic E-state index is 0. The van der Waals surface area contributed by atoms with Gasteiger partial charge in [-0.05, 0) is 25.7 Å². The molecule has 2 N–H and O–H groups in total. The molecule has 0 spiro atoms. The topological polar surface area (TPSA) is 75.1 Å². The van der Waals surface area contributed by atoms with Gasteiger partial charge in [-0.15, -0.1) is 0 Å². The Hall–Kier alpha value is -1.01. The summed E-state index contributed by atoms with van der Waals surface area (Å²) in [5.74, 6) is 0. The third kappa shape index (κ3) is 15.0. The van der Waals surface area contributed by atoms with E-state index in [4.69, 9.17) is 14.5 Å². The van der Waals surface area contributed by atoms with Crippen LogP contribution in [0, 0.1) is 37.6 Å². The van der Waals surface area contributed by atoms with Crippen LogP contribution in [0.3, 0.4) is 0 Å². The molecule has 0 unspecified atom stereocenters. The molecule has 1 aliphatic rings. The molecule has 18 heavy (non-hydrogen) atoms. The average Bonchev–Trinajstić information content (AvgIpc) is 3.03. The molecule has 1 saturated carbocycles. The summed E-state index contributed by atoms with van der Waals surface area (Å²) >= 11 is 0. The van der Waals surface area contributed by atoms with Gasteiger partial charge in [0.25, 0.3) is 0 Å². The zero-order valence-corrected chi connectivity index (χ0v) is 12.7. The van der Waals surface area contributed by atoms with Crippen LogP contribution in [-0.2, 0) is 30.4 Å². The third-order valence-electron chi connectivity index (χ3n) is 1.94. The van der Waals surface area contributed by atoms with Crippen molar-refractivity contribution in [1.29, 1.82) is 0 Å². The molecule has 1 aliphatic carbocycles. The van der Waals surface area contributed by atoms with Crippen LogP contribution >= 0.6 is 0 Å². The van der Waals surface area contributed by atoms with Gasteiger partial charge in [0, 0.05) is 26.2 Å². The maximum Gasteiger partial charge on any atom is 0.107 e. The summed E-state index contributed by atoms with van der Waals surface area (Å²) in [5.41, 5.74) is 1.09. The van der Waals surface area contributed by atoms with Gasteiger partial charge in [0.15, 0.2) is 0 Å². The number of hydrogen-bond acceptors (Lipinski definition) is 1. The Bertz CT molecular complexity index is 273. The van der Waals surface area contributed by atoms with E-state index in [1.807, 2.05) is 0 Å². The molecule has 1 fully saturated rings. The standard InChI is InChI=1S/C6H11NO.C5H.2CO.W/c8-7-6-4-2-1-3-5-6;1-2-4-5-3-1;2*1-2;/h8H,1-5H2;1H;;;/q;-5;;;/p+1. The molecule has 0 radical (unpaired) electrons. The van der Waals surface area contributed by atoms with Crippen LogP contribution in [0.4, 0.5) is 0 Å². The number of hydrogen-bond donors (Lipinski definition) is 0. The van der Waals surface area contributed by atoms with Gasteiger partial charge in [0.1, 0.15) is 5.71 Å². The first-order valence-corrected chi connectivity index (χ1v) is 4.89. The summed E-state index contributed by atoms with van der Waals surface area (Å²) in [6, 6.07) is 12.0. The molecule has 0 aromatic heterocycles. The van der Waals surface area contributed by atoms with Crippen molar-refractivity contribution in [3.05, 3.63) is 43.6 Å². The fraction of sp³-hybridized carbons (Fsp3) is 0.385. The minimum atomic E-state index is 0. The van der Waals surface area contributed by atoms with Crippen molar-refractivity contribution in [2.45, 2.75) is 32.1 Å². The van der Waals surface area contributed by atoms with E-state index < -0.39 is 0 Å². The first kappa shape index (κ1) is 22.2. The van der Waals surface area contributed by atoms with Gasteiger partial charge in [-0.2, -0.15) is 0 Å². The first-order chi connectivity index (χ1) is 8.43. The predicted octanol–water partition coefficient (Wildman–Crippen LogP) is 1.56. The minimum Gasteiger partial charge on any atom is -0.999 e. The van der Waals surface area contributed by atoms with E-state index in [1.165, 1.54) is 19.3 Å². The van der Waals surface area contributed by atoms with E-state index in [2.05, 4.69) is 42.7 Å². The van der Waals surface area contributed by atoms with Gasteiger partial charge in [-0.3, -0.25) is 0 Å². The number of nitrogens with zero attached hydrogens (tertiary/aromatic N) is 1. The van der Waals surface area contributed by atoms with Crippen LogP contribution in [0.15, 0.2) is 11.2 Å². The van der Waals surface area contributed by atoms with Gasteiger partial charge in [0.05, 0.1) is 0 Å². The molecule has 0 atom stereocenters. The van der Waals surface area contributed by atoms with Crippen LogP contribution in [0.5, 0.6) is 0 Å². The van der Waals surface area contributed by atoms with E-state index in [9.17, 15) is 0 Å². The molecular weight excluding hydrogens is 402 g/mol. The van der Waals surface area contributed by atoms with Crippen molar-refractivity contribution in [1.82, 2.24) is 0 Å². The fourth-order valence-electron chi connectivity index (χ4n) is 1.25. The predicted molar refractivity (Wildman–Crippen MR) is 59.4 cm³/mol. The smallest absolute Gasteiger partial charge is 0.107 e. The van der Waals surface area contributed by atoms with Crippen molar-refractivity contribution in [3.63, 3.8) is 0 Å².